The van der Waals surface area contributed by atoms with Crippen molar-refractivity contribution < 1.29 is 14.3 Å². The third-order valence-electron chi connectivity index (χ3n) is 5.24. The Bertz CT molecular complexity index is 1230. The average molecular weight is 536 g/mol. The summed E-state index contributed by atoms with van der Waals surface area (Å²) in [5, 5.41) is 15.7. The summed E-state index contributed by atoms with van der Waals surface area (Å²) in [7, 11) is 3.36. The molecule has 0 saturated carbocycles. The van der Waals surface area contributed by atoms with Gasteiger partial charge in [0, 0.05) is 12.1 Å². The molecular formula is C24H27Cl2N5O3S. The van der Waals surface area contributed by atoms with E-state index in [1.165, 1.54) is 17.8 Å². The number of hydrogen-bond donors (Lipinski definition) is 2. The number of ether oxygens (including phenoxy) is 1. The first-order valence-corrected chi connectivity index (χ1v) is 12.6. The Hall–Kier alpha value is -2.75. The van der Waals surface area contributed by atoms with E-state index in [4.69, 9.17) is 27.9 Å². The molecule has 0 radical (unpaired) electrons. The first-order valence-electron chi connectivity index (χ1n) is 10.8. The van der Waals surface area contributed by atoms with Gasteiger partial charge in [-0.15, -0.1) is 10.2 Å². The molecule has 3 rings (SSSR count). The van der Waals surface area contributed by atoms with Crippen LogP contribution >= 0.6 is 35.0 Å². The molecular weight excluding hydrogens is 509 g/mol. The minimum atomic E-state index is -0.425. The minimum Gasteiger partial charge on any atom is -0.495 e. The van der Waals surface area contributed by atoms with E-state index in [2.05, 4.69) is 20.8 Å². The lowest BCUT2D eigenvalue weighted by Gasteiger charge is -2.22. The second-order valence-corrected chi connectivity index (χ2v) is 10.0. The Kier molecular flexibility index (Phi) is 9.04. The van der Waals surface area contributed by atoms with Crippen LogP contribution in [-0.4, -0.2) is 39.4 Å². The highest BCUT2D eigenvalue weighted by Gasteiger charge is 2.26. The fraction of sp³-hybridized carbons (Fsp3) is 0.333. The lowest BCUT2D eigenvalue weighted by molar-refractivity contribution is -0.113. The molecule has 1 heterocycles. The molecule has 0 saturated heterocycles. The number of nitrogens with zero attached hydrogens (tertiary/aromatic N) is 3. The van der Waals surface area contributed by atoms with E-state index in [9.17, 15) is 9.59 Å². The van der Waals surface area contributed by atoms with E-state index in [-0.39, 0.29) is 28.5 Å². The third kappa shape index (κ3) is 6.68. The molecule has 0 aliphatic carbocycles. The number of methoxy groups -OCH3 is 1. The maximum Gasteiger partial charge on any atom is 0.253 e. The van der Waals surface area contributed by atoms with Gasteiger partial charge < -0.3 is 19.9 Å². The van der Waals surface area contributed by atoms with Gasteiger partial charge in [-0.3, -0.25) is 9.59 Å². The zero-order chi connectivity index (χ0) is 25.7. The summed E-state index contributed by atoms with van der Waals surface area (Å²) >= 11 is 13.4. The molecule has 2 N–H and O–H groups in total. The van der Waals surface area contributed by atoms with Gasteiger partial charge in [-0.25, -0.2) is 0 Å². The molecule has 0 bridgehead atoms. The summed E-state index contributed by atoms with van der Waals surface area (Å²) in [6.45, 7) is 5.88. The van der Waals surface area contributed by atoms with Gasteiger partial charge in [-0.1, -0.05) is 54.9 Å². The Morgan fingerprint density at radius 3 is 2.54 bits per heavy atom. The number of carbonyl (C=O) groups excluding carboxylic acids is 2. The SMILES string of the molecule is COc1ccc(C)cc1NC(=O)CSc1nnc([C@@H](NC(=O)c2ccc(Cl)cc2Cl)C(C)C)n1C. The largest absolute Gasteiger partial charge is 0.495 e. The van der Waals surface area contributed by atoms with Crippen molar-refractivity contribution in [3.05, 3.63) is 63.4 Å². The maximum absolute atomic E-state index is 12.9. The van der Waals surface area contributed by atoms with E-state index >= 15 is 0 Å². The van der Waals surface area contributed by atoms with Gasteiger partial charge in [0.2, 0.25) is 5.91 Å². The molecule has 186 valence electrons. The highest BCUT2D eigenvalue weighted by molar-refractivity contribution is 7.99. The minimum absolute atomic E-state index is 0.0165. The first kappa shape index (κ1) is 26.8. The average Bonchev–Trinajstić information content (AvgIpc) is 3.15. The van der Waals surface area contributed by atoms with Gasteiger partial charge in [0.1, 0.15) is 5.75 Å². The van der Waals surface area contributed by atoms with Crippen molar-refractivity contribution in [2.45, 2.75) is 32.0 Å². The zero-order valence-electron chi connectivity index (χ0n) is 20.1. The van der Waals surface area contributed by atoms with Crippen molar-refractivity contribution in [2.24, 2.45) is 13.0 Å². The molecule has 1 atom stereocenters. The van der Waals surface area contributed by atoms with Crippen LogP contribution < -0.4 is 15.4 Å². The fourth-order valence-corrected chi connectivity index (χ4v) is 4.59. The molecule has 1 aromatic heterocycles. The number of benzene rings is 2. The van der Waals surface area contributed by atoms with E-state index in [0.29, 0.717) is 33.0 Å². The number of rotatable bonds is 9. The molecule has 35 heavy (non-hydrogen) atoms. The van der Waals surface area contributed by atoms with Crippen molar-refractivity contribution in [3.8, 4) is 5.75 Å². The Morgan fingerprint density at radius 2 is 1.89 bits per heavy atom. The monoisotopic (exact) mass is 535 g/mol. The van der Waals surface area contributed by atoms with Crippen LogP contribution in [0.25, 0.3) is 0 Å². The van der Waals surface area contributed by atoms with Crippen LogP contribution in [0.1, 0.15) is 41.6 Å². The lowest BCUT2D eigenvalue weighted by Crippen LogP contribution is -2.33. The van der Waals surface area contributed by atoms with Crippen LogP contribution in [0.2, 0.25) is 10.0 Å². The van der Waals surface area contributed by atoms with Gasteiger partial charge in [0.05, 0.1) is 35.2 Å². The highest BCUT2D eigenvalue weighted by Crippen LogP contribution is 2.28. The summed E-state index contributed by atoms with van der Waals surface area (Å²) in [6, 6.07) is 9.87. The maximum atomic E-state index is 12.9. The van der Waals surface area contributed by atoms with Crippen LogP contribution in [0.4, 0.5) is 5.69 Å². The van der Waals surface area contributed by atoms with E-state index < -0.39 is 6.04 Å². The number of carbonyl (C=O) groups is 2. The Labute approximate surface area is 218 Å². The molecule has 3 aromatic rings. The Morgan fingerprint density at radius 1 is 1.14 bits per heavy atom. The molecule has 8 nitrogen and oxygen atoms in total. The third-order valence-corrected chi connectivity index (χ3v) is 6.81. The summed E-state index contributed by atoms with van der Waals surface area (Å²) < 4.78 is 7.09. The molecule has 0 spiro atoms. The van der Waals surface area contributed by atoms with Crippen molar-refractivity contribution >= 4 is 52.5 Å². The van der Waals surface area contributed by atoms with E-state index in [0.717, 1.165) is 5.56 Å². The fourth-order valence-electron chi connectivity index (χ4n) is 3.38. The van der Waals surface area contributed by atoms with Crippen LogP contribution in [0.15, 0.2) is 41.6 Å². The van der Waals surface area contributed by atoms with E-state index in [1.807, 2.05) is 39.0 Å². The van der Waals surface area contributed by atoms with Crippen molar-refractivity contribution in [1.29, 1.82) is 0 Å². The topological polar surface area (TPSA) is 98.1 Å². The number of hydrogen-bond acceptors (Lipinski definition) is 6. The van der Waals surface area contributed by atoms with Crippen LogP contribution in [-0.2, 0) is 11.8 Å². The van der Waals surface area contributed by atoms with E-state index in [1.54, 1.807) is 30.9 Å². The molecule has 0 fully saturated rings. The van der Waals surface area contributed by atoms with Crippen molar-refractivity contribution in [1.82, 2.24) is 20.1 Å². The molecule has 0 aliphatic rings. The Balaban J connectivity index is 1.70. The molecule has 0 unspecified atom stereocenters. The summed E-state index contributed by atoms with van der Waals surface area (Å²) in [5.74, 6) is 0.765. The second-order valence-electron chi connectivity index (χ2n) is 8.26. The molecule has 2 aromatic carbocycles. The van der Waals surface area contributed by atoms with Crippen LogP contribution in [0.3, 0.4) is 0 Å². The van der Waals surface area contributed by atoms with Crippen molar-refractivity contribution in [3.63, 3.8) is 0 Å². The zero-order valence-corrected chi connectivity index (χ0v) is 22.4. The number of anilines is 1. The summed E-state index contributed by atoms with van der Waals surface area (Å²) in [5.41, 5.74) is 1.94. The molecule has 2 amide bonds. The number of aryl methyl sites for hydroxylation is 1. The number of amides is 2. The van der Waals surface area contributed by atoms with Gasteiger partial charge in [0.25, 0.3) is 5.91 Å². The van der Waals surface area contributed by atoms with Gasteiger partial charge in [-0.2, -0.15) is 0 Å². The second kappa shape index (κ2) is 11.8. The first-order chi connectivity index (χ1) is 16.6. The predicted octanol–water partition coefficient (Wildman–Crippen LogP) is 5.30. The lowest BCUT2D eigenvalue weighted by atomic mass is 10.0. The molecule has 0 aliphatic heterocycles. The van der Waals surface area contributed by atoms with Gasteiger partial charge in [-0.05, 0) is 48.7 Å². The quantitative estimate of drug-likeness (QED) is 0.361. The normalized spacial score (nSPS) is 11.9. The van der Waals surface area contributed by atoms with Crippen molar-refractivity contribution in [2.75, 3.05) is 18.2 Å². The number of thioether (sulfide) groups is 1. The number of nitrogens with one attached hydrogen (secondary N) is 2. The number of aromatic nitrogens is 3. The van der Waals surface area contributed by atoms with Crippen LogP contribution in [0, 0.1) is 12.8 Å². The predicted molar refractivity (Wildman–Crippen MR) is 140 cm³/mol. The molecule has 11 heteroatoms. The summed E-state index contributed by atoms with van der Waals surface area (Å²) in [4.78, 5) is 25.4. The standard InChI is InChI=1S/C24H27Cl2N5O3S/c1-13(2)21(28-23(33)16-8-7-15(25)11-17(16)26)22-29-30-24(31(22)4)35-12-20(32)27-18-10-14(3)6-9-19(18)34-5/h6-11,13,21H,12H2,1-5H3,(H,27,32)(H,28,33)/t21-/m0/s1. The highest BCUT2D eigenvalue weighted by atomic mass is 35.5. The number of halogens is 2. The van der Waals surface area contributed by atoms with Gasteiger partial charge in [0.15, 0.2) is 11.0 Å². The smallest absolute Gasteiger partial charge is 0.253 e. The summed E-state index contributed by atoms with van der Waals surface area (Å²) in [6.07, 6.45) is 0. The van der Waals surface area contributed by atoms with Crippen LogP contribution in [0.5, 0.6) is 5.75 Å². The van der Waals surface area contributed by atoms with Gasteiger partial charge >= 0.3 is 0 Å².